The molecule has 0 saturated carbocycles. The Morgan fingerprint density at radius 2 is 1.72 bits per heavy atom. The lowest BCUT2D eigenvalue weighted by molar-refractivity contribution is -0.125. The lowest BCUT2D eigenvalue weighted by atomic mass is 9.89. The summed E-state index contributed by atoms with van der Waals surface area (Å²) in [7, 11) is -1.89. The summed E-state index contributed by atoms with van der Waals surface area (Å²) in [4.78, 5) is 30.6. The zero-order valence-corrected chi connectivity index (χ0v) is 23.1. The summed E-state index contributed by atoms with van der Waals surface area (Å²) < 4.78 is 27.9. The van der Waals surface area contributed by atoms with E-state index in [2.05, 4.69) is 19.2 Å². The third-order valence-electron chi connectivity index (χ3n) is 7.61. The molecule has 1 spiro atoms. The number of urea groups is 1. The maximum atomic E-state index is 13.2. The van der Waals surface area contributed by atoms with E-state index in [1.807, 2.05) is 26.0 Å². The number of nitrogens with two attached hydrogens (primary N) is 1. The predicted octanol–water partition coefficient (Wildman–Crippen LogP) is 3.27. The molecule has 10 heteroatoms. The second-order valence-corrected chi connectivity index (χ2v) is 12.3. The van der Waals surface area contributed by atoms with Gasteiger partial charge in [0.25, 0.3) is 5.91 Å². The molecule has 0 atom stereocenters. The highest BCUT2D eigenvalue weighted by molar-refractivity contribution is 7.89. The van der Waals surface area contributed by atoms with Crippen molar-refractivity contribution in [2.24, 2.45) is 16.6 Å². The maximum absolute atomic E-state index is 13.2. The van der Waals surface area contributed by atoms with Gasteiger partial charge in [-0.3, -0.25) is 14.7 Å². The summed E-state index contributed by atoms with van der Waals surface area (Å²) in [6.45, 7) is 8.68. The number of piperidine rings is 1. The Labute approximate surface area is 215 Å². The average molecular weight is 520 g/mol. The van der Waals surface area contributed by atoms with Crippen LogP contribution in [-0.4, -0.2) is 61.9 Å². The molecule has 0 aromatic heterocycles. The summed E-state index contributed by atoms with van der Waals surface area (Å²) in [5.74, 6) is 0.948. The van der Waals surface area contributed by atoms with Gasteiger partial charge >= 0.3 is 6.03 Å². The average Bonchev–Trinajstić information content (AvgIpc) is 3.13. The third kappa shape index (κ3) is 5.91. The van der Waals surface area contributed by atoms with Crippen LogP contribution >= 0.6 is 0 Å². The van der Waals surface area contributed by atoms with Gasteiger partial charge in [0, 0.05) is 31.7 Å². The standard InChI is InChI=1S/C26H41N5O4S/c1-6-8-20(9-7-2)23-28-24(32)26(29-23)11-13-31(14-12-26)36(34,35)15-10-22-18(3)16-21(17-19(22)4)30(5)25(27)33/h16-17,20H,6-15H2,1-5H3,(H2,27,33)(H,28,29,32). The quantitative estimate of drug-likeness (QED) is 0.492. The number of carbonyl (C=O) groups is 2. The lowest BCUT2D eigenvalue weighted by Gasteiger charge is -2.34. The van der Waals surface area contributed by atoms with Gasteiger partial charge in [-0.1, -0.05) is 26.7 Å². The maximum Gasteiger partial charge on any atom is 0.318 e. The molecule has 9 nitrogen and oxygen atoms in total. The van der Waals surface area contributed by atoms with E-state index in [9.17, 15) is 18.0 Å². The number of aliphatic imine (C=N–C) groups is 1. The van der Waals surface area contributed by atoms with Crippen LogP contribution in [0.1, 0.15) is 69.1 Å². The molecule has 0 bridgehead atoms. The van der Waals surface area contributed by atoms with Crippen LogP contribution in [0.5, 0.6) is 0 Å². The molecular weight excluding hydrogens is 478 g/mol. The number of benzene rings is 1. The number of sulfonamides is 1. The van der Waals surface area contributed by atoms with Gasteiger partial charge in [0.05, 0.1) is 5.75 Å². The van der Waals surface area contributed by atoms with Gasteiger partial charge in [-0.25, -0.2) is 17.5 Å². The van der Waals surface area contributed by atoms with Gasteiger partial charge in [0.15, 0.2) is 0 Å². The molecule has 36 heavy (non-hydrogen) atoms. The Hall–Kier alpha value is -2.46. The number of nitrogens with one attached hydrogen (secondary N) is 1. The largest absolute Gasteiger partial charge is 0.351 e. The second-order valence-electron chi connectivity index (χ2n) is 10.2. The molecule has 200 valence electrons. The molecule has 1 aromatic carbocycles. The molecule has 3 N–H and O–H groups in total. The first-order valence-electron chi connectivity index (χ1n) is 13.0. The van der Waals surface area contributed by atoms with E-state index in [0.717, 1.165) is 48.2 Å². The number of hydrogen-bond donors (Lipinski definition) is 2. The van der Waals surface area contributed by atoms with Crippen molar-refractivity contribution in [3.63, 3.8) is 0 Å². The van der Waals surface area contributed by atoms with Gasteiger partial charge < -0.3 is 11.1 Å². The Balaban J connectivity index is 1.66. The minimum absolute atomic E-state index is 0.0114. The number of primary amides is 1. The number of amides is 3. The fourth-order valence-corrected chi connectivity index (χ4v) is 6.83. The van der Waals surface area contributed by atoms with Gasteiger partial charge in [-0.2, -0.15) is 0 Å². The number of amidine groups is 1. The summed E-state index contributed by atoms with van der Waals surface area (Å²) in [5.41, 5.74) is 8.01. The van der Waals surface area contributed by atoms with Crippen LogP contribution < -0.4 is 16.0 Å². The van der Waals surface area contributed by atoms with Gasteiger partial charge in [0.2, 0.25) is 10.0 Å². The van der Waals surface area contributed by atoms with E-state index in [-0.39, 0.29) is 17.6 Å². The first kappa shape index (κ1) is 28.1. The van der Waals surface area contributed by atoms with Crippen LogP contribution in [0, 0.1) is 19.8 Å². The molecule has 2 heterocycles. The molecule has 0 unspecified atom stereocenters. The molecule has 1 saturated heterocycles. The first-order chi connectivity index (χ1) is 16.9. The number of rotatable bonds is 10. The number of anilines is 1. The van der Waals surface area contributed by atoms with Crippen LogP contribution in [-0.2, 0) is 21.2 Å². The fourth-order valence-electron chi connectivity index (χ4n) is 5.37. The molecular formula is C26H41N5O4S. The minimum atomic E-state index is -3.50. The minimum Gasteiger partial charge on any atom is -0.351 e. The molecule has 3 rings (SSSR count). The highest BCUT2D eigenvalue weighted by atomic mass is 32.2. The third-order valence-corrected chi connectivity index (χ3v) is 9.48. The topological polar surface area (TPSA) is 125 Å². The number of nitrogens with zero attached hydrogens (tertiary/aromatic N) is 3. The van der Waals surface area contributed by atoms with E-state index in [4.69, 9.17) is 10.7 Å². The second kappa shape index (κ2) is 11.3. The molecule has 3 amide bonds. The van der Waals surface area contributed by atoms with Crippen molar-refractivity contribution in [1.29, 1.82) is 0 Å². The van der Waals surface area contributed by atoms with Crippen molar-refractivity contribution in [3.05, 3.63) is 28.8 Å². The van der Waals surface area contributed by atoms with Crippen molar-refractivity contribution in [3.8, 4) is 0 Å². The monoisotopic (exact) mass is 519 g/mol. The Bertz CT molecular complexity index is 1090. The van der Waals surface area contributed by atoms with Gasteiger partial charge in [0.1, 0.15) is 11.4 Å². The zero-order chi connectivity index (χ0) is 26.7. The summed E-state index contributed by atoms with van der Waals surface area (Å²) >= 11 is 0. The van der Waals surface area contributed by atoms with E-state index in [1.54, 1.807) is 7.05 Å². The Kier molecular flexibility index (Phi) is 8.82. The summed E-state index contributed by atoms with van der Waals surface area (Å²) in [6.07, 6.45) is 5.21. The van der Waals surface area contributed by atoms with E-state index < -0.39 is 21.6 Å². The smallest absolute Gasteiger partial charge is 0.318 e. The molecule has 2 aliphatic rings. The van der Waals surface area contributed by atoms with Gasteiger partial charge in [-0.15, -0.1) is 0 Å². The highest BCUT2D eigenvalue weighted by Crippen LogP contribution is 2.33. The van der Waals surface area contributed by atoms with Crippen molar-refractivity contribution in [2.45, 2.75) is 78.2 Å². The van der Waals surface area contributed by atoms with E-state index in [0.29, 0.717) is 38.0 Å². The summed E-state index contributed by atoms with van der Waals surface area (Å²) in [5, 5.41) is 3.03. The van der Waals surface area contributed by atoms with Crippen molar-refractivity contribution in [1.82, 2.24) is 9.62 Å². The number of hydrogen-bond acceptors (Lipinski definition) is 5. The molecule has 2 aliphatic heterocycles. The molecule has 1 fully saturated rings. The molecule has 0 radical (unpaired) electrons. The van der Waals surface area contributed by atoms with Crippen molar-refractivity contribution < 1.29 is 18.0 Å². The van der Waals surface area contributed by atoms with Crippen molar-refractivity contribution >= 4 is 33.5 Å². The highest BCUT2D eigenvalue weighted by Gasteiger charge is 2.48. The zero-order valence-electron chi connectivity index (χ0n) is 22.3. The van der Waals surface area contributed by atoms with Crippen molar-refractivity contribution in [2.75, 3.05) is 30.8 Å². The Morgan fingerprint density at radius 3 is 2.22 bits per heavy atom. The normalized spacial score (nSPS) is 17.9. The summed E-state index contributed by atoms with van der Waals surface area (Å²) in [6, 6.07) is 3.15. The van der Waals surface area contributed by atoms with Crippen LogP contribution in [0.2, 0.25) is 0 Å². The van der Waals surface area contributed by atoms with E-state index >= 15 is 0 Å². The number of aryl methyl sites for hydroxylation is 2. The Morgan fingerprint density at radius 1 is 1.17 bits per heavy atom. The SMILES string of the molecule is CCCC(CCC)C1=NC2(CCN(S(=O)(=O)CCc3c(C)cc(N(C)C(N)=O)cc3C)CC2)C(=O)N1. The fraction of sp³-hybridized carbons (Fsp3) is 0.654. The lowest BCUT2D eigenvalue weighted by Crippen LogP contribution is -2.51. The van der Waals surface area contributed by atoms with Crippen LogP contribution in [0.25, 0.3) is 0 Å². The van der Waals surface area contributed by atoms with Crippen LogP contribution in [0.15, 0.2) is 17.1 Å². The van der Waals surface area contributed by atoms with E-state index in [1.165, 1.54) is 9.21 Å². The van der Waals surface area contributed by atoms with Crippen LogP contribution in [0.4, 0.5) is 10.5 Å². The predicted molar refractivity (Wildman–Crippen MR) is 144 cm³/mol. The molecule has 0 aliphatic carbocycles. The van der Waals surface area contributed by atoms with Crippen LogP contribution in [0.3, 0.4) is 0 Å². The molecule has 1 aromatic rings. The van der Waals surface area contributed by atoms with Gasteiger partial charge in [-0.05, 0) is 74.8 Å². The number of carbonyl (C=O) groups excluding carboxylic acids is 2. The first-order valence-corrected chi connectivity index (χ1v) is 14.6.